The van der Waals surface area contributed by atoms with Gasteiger partial charge in [-0.1, -0.05) is 12.1 Å². The lowest BCUT2D eigenvalue weighted by molar-refractivity contribution is 0.317. The number of benzene rings is 1. The number of aryl methyl sites for hydroxylation is 1. The predicted molar refractivity (Wildman–Crippen MR) is 67.6 cm³/mol. The molecule has 2 rings (SSSR count). The zero-order chi connectivity index (χ0) is 13.9. The molecule has 1 aromatic heterocycles. The summed E-state index contributed by atoms with van der Waals surface area (Å²) < 4.78 is 44.5. The van der Waals surface area contributed by atoms with Crippen LogP contribution < -0.4 is 10.2 Å². The molecular formula is C12H13BF3N2O-. The topological polar surface area (TPSA) is 27.1 Å². The molecule has 102 valence electrons. The summed E-state index contributed by atoms with van der Waals surface area (Å²) in [5, 5.41) is 0. The van der Waals surface area contributed by atoms with Gasteiger partial charge in [0.25, 0.3) is 0 Å². The number of ether oxygens (including phenoxy) is 1. The van der Waals surface area contributed by atoms with Crippen molar-refractivity contribution in [1.82, 2.24) is 9.55 Å². The van der Waals surface area contributed by atoms with Crippen molar-refractivity contribution >= 4 is 12.4 Å². The van der Waals surface area contributed by atoms with Crippen molar-refractivity contribution < 1.29 is 17.7 Å². The van der Waals surface area contributed by atoms with E-state index in [9.17, 15) is 12.9 Å². The van der Waals surface area contributed by atoms with Crippen molar-refractivity contribution in [2.75, 3.05) is 6.61 Å². The molecule has 1 aromatic carbocycles. The number of nitrogens with zero attached hydrogens (tertiary/aromatic N) is 2. The highest BCUT2D eigenvalue weighted by molar-refractivity contribution is 6.73. The largest absolute Gasteiger partial charge is 0.509 e. The minimum atomic E-state index is -4.94. The molecule has 0 N–H and O–H groups in total. The lowest BCUT2D eigenvalue weighted by atomic mass is 9.80. The van der Waals surface area contributed by atoms with E-state index in [2.05, 4.69) is 4.98 Å². The highest BCUT2D eigenvalue weighted by atomic mass is 19.4. The van der Waals surface area contributed by atoms with Crippen LogP contribution in [0.15, 0.2) is 36.7 Å². The van der Waals surface area contributed by atoms with E-state index >= 15 is 0 Å². The molecule has 0 saturated carbocycles. The number of halogens is 3. The molecule has 7 heteroatoms. The summed E-state index contributed by atoms with van der Waals surface area (Å²) in [5.41, 5.74) is -0.614. The van der Waals surface area contributed by atoms with Gasteiger partial charge in [0.15, 0.2) is 0 Å². The molecule has 0 saturated heterocycles. The lowest BCUT2D eigenvalue weighted by Crippen LogP contribution is -2.33. The Morgan fingerprint density at radius 3 is 2.42 bits per heavy atom. The van der Waals surface area contributed by atoms with Crippen LogP contribution in [0.1, 0.15) is 5.82 Å². The molecule has 0 unspecified atom stereocenters. The predicted octanol–water partition coefficient (Wildman–Crippen LogP) is 2.10. The van der Waals surface area contributed by atoms with Crippen LogP contribution in [-0.4, -0.2) is 23.1 Å². The molecule has 0 bridgehead atoms. The average Bonchev–Trinajstić information content (AvgIpc) is 2.75. The average molecular weight is 269 g/mol. The highest BCUT2D eigenvalue weighted by Gasteiger charge is 2.24. The zero-order valence-corrected chi connectivity index (χ0v) is 10.4. The molecule has 0 spiro atoms. The van der Waals surface area contributed by atoms with Crippen molar-refractivity contribution in [3.05, 3.63) is 42.5 Å². The maximum atomic E-state index is 12.4. The molecule has 0 atom stereocenters. The first-order valence-electron chi connectivity index (χ1n) is 5.86. The summed E-state index contributed by atoms with van der Waals surface area (Å²) in [7, 11) is 1.88. The van der Waals surface area contributed by atoms with Crippen LogP contribution in [0.2, 0.25) is 0 Å². The van der Waals surface area contributed by atoms with Crippen molar-refractivity contribution in [3.63, 3.8) is 0 Å². The van der Waals surface area contributed by atoms with Gasteiger partial charge < -0.3 is 22.3 Å². The van der Waals surface area contributed by atoms with E-state index in [0.717, 1.165) is 18.0 Å². The number of aromatic nitrogens is 2. The van der Waals surface area contributed by atoms with E-state index in [4.69, 9.17) is 4.74 Å². The Hall–Kier alpha value is -1.92. The Bertz CT molecular complexity index is 537. The van der Waals surface area contributed by atoms with Gasteiger partial charge in [-0.05, 0) is 12.1 Å². The molecule has 0 aliphatic heterocycles. The van der Waals surface area contributed by atoms with Gasteiger partial charge in [-0.3, -0.25) is 0 Å². The van der Waals surface area contributed by atoms with Crippen LogP contribution in [0.4, 0.5) is 12.9 Å². The smallest absolute Gasteiger partial charge is 0.493 e. The highest BCUT2D eigenvalue weighted by Crippen LogP contribution is 2.13. The minimum Gasteiger partial charge on any atom is -0.493 e. The number of rotatable bonds is 5. The molecule has 19 heavy (non-hydrogen) atoms. The minimum absolute atomic E-state index is 0.376. The van der Waals surface area contributed by atoms with Crippen molar-refractivity contribution in [2.45, 2.75) is 6.42 Å². The molecule has 0 aliphatic rings. The molecule has 1 heterocycles. The first-order valence-corrected chi connectivity index (χ1v) is 5.86. The summed E-state index contributed by atoms with van der Waals surface area (Å²) >= 11 is 0. The zero-order valence-electron chi connectivity index (χ0n) is 10.4. The second kappa shape index (κ2) is 5.38. The van der Waals surface area contributed by atoms with Crippen LogP contribution in [0.25, 0.3) is 0 Å². The van der Waals surface area contributed by atoms with Crippen molar-refractivity contribution in [3.8, 4) is 5.75 Å². The lowest BCUT2D eigenvalue weighted by Gasteiger charge is -2.15. The normalized spacial score (nSPS) is 11.6. The van der Waals surface area contributed by atoms with E-state index < -0.39 is 12.4 Å². The molecule has 0 aliphatic carbocycles. The number of hydrogen-bond donors (Lipinski definition) is 0. The first kappa shape index (κ1) is 13.5. The second-order valence-electron chi connectivity index (χ2n) is 4.20. The molecule has 2 aromatic rings. The van der Waals surface area contributed by atoms with Gasteiger partial charge in [0.1, 0.15) is 11.6 Å². The number of hydrogen-bond acceptors (Lipinski definition) is 2. The Balaban J connectivity index is 1.89. The van der Waals surface area contributed by atoms with Gasteiger partial charge in [0.2, 0.25) is 0 Å². The van der Waals surface area contributed by atoms with Crippen LogP contribution in [-0.2, 0) is 13.5 Å². The summed E-state index contributed by atoms with van der Waals surface area (Å²) in [6.45, 7) is -4.56. The fourth-order valence-corrected chi connectivity index (χ4v) is 1.68. The molecular weight excluding hydrogens is 256 g/mol. The van der Waals surface area contributed by atoms with Gasteiger partial charge in [-0.2, -0.15) is 0 Å². The van der Waals surface area contributed by atoms with Crippen molar-refractivity contribution in [2.24, 2.45) is 7.05 Å². The standard InChI is InChI=1S/C12H13BF3N2O/c1-18-8-7-17-12(18)6-9-19-11-4-2-10(3-5-11)13(14,15)16/h2-5,7-8H,6,9H2,1H3/q-1. The fourth-order valence-electron chi connectivity index (χ4n) is 1.68. The third-order valence-corrected chi connectivity index (χ3v) is 2.77. The SMILES string of the molecule is Cn1ccnc1CCOc1ccc([B-](F)(F)F)cc1. The maximum absolute atomic E-state index is 12.4. The van der Waals surface area contributed by atoms with Crippen LogP contribution >= 0.6 is 0 Å². The molecule has 0 fully saturated rings. The van der Waals surface area contributed by atoms with Gasteiger partial charge in [-0.25, -0.2) is 4.98 Å². The van der Waals surface area contributed by atoms with E-state index in [1.165, 1.54) is 12.1 Å². The van der Waals surface area contributed by atoms with Crippen LogP contribution in [0.5, 0.6) is 5.75 Å². The Kier molecular flexibility index (Phi) is 3.83. The van der Waals surface area contributed by atoms with E-state index in [-0.39, 0.29) is 0 Å². The van der Waals surface area contributed by atoms with Gasteiger partial charge >= 0.3 is 6.98 Å². The fraction of sp³-hybridized carbons (Fsp3) is 0.250. The quantitative estimate of drug-likeness (QED) is 0.777. The summed E-state index contributed by atoms with van der Waals surface area (Å²) in [6, 6.07) is 4.75. The summed E-state index contributed by atoms with van der Waals surface area (Å²) in [5.74, 6) is 1.30. The van der Waals surface area contributed by atoms with Crippen LogP contribution in [0.3, 0.4) is 0 Å². The first-order chi connectivity index (χ1) is 8.97. The van der Waals surface area contributed by atoms with Crippen LogP contribution in [0, 0.1) is 0 Å². The summed E-state index contributed by atoms with van der Waals surface area (Å²) in [6.07, 6.45) is 4.12. The Morgan fingerprint density at radius 1 is 1.21 bits per heavy atom. The van der Waals surface area contributed by atoms with E-state index in [1.807, 2.05) is 17.8 Å². The maximum Gasteiger partial charge on any atom is 0.509 e. The number of imidazole rings is 1. The third kappa shape index (κ3) is 3.53. The Labute approximate surface area is 109 Å². The van der Waals surface area contributed by atoms with Crippen molar-refractivity contribution in [1.29, 1.82) is 0 Å². The molecule has 0 radical (unpaired) electrons. The molecule has 3 nitrogen and oxygen atoms in total. The van der Waals surface area contributed by atoms with E-state index in [1.54, 1.807) is 6.20 Å². The monoisotopic (exact) mass is 269 g/mol. The Morgan fingerprint density at radius 2 is 1.89 bits per heavy atom. The summed E-state index contributed by atoms with van der Waals surface area (Å²) in [4.78, 5) is 4.13. The third-order valence-electron chi connectivity index (χ3n) is 2.77. The van der Waals surface area contributed by atoms with Gasteiger partial charge in [0.05, 0.1) is 6.61 Å². The van der Waals surface area contributed by atoms with E-state index in [0.29, 0.717) is 18.8 Å². The molecule has 0 amide bonds. The van der Waals surface area contributed by atoms with Gasteiger partial charge in [-0.15, -0.1) is 5.46 Å². The second-order valence-corrected chi connectivity index (χ2v) is 4.20. The van der Waals surface area contributed by atoms with Gasteiger partial charge in [0, 0.05) is 25.9 Å².